The number of rotatable bonds is 3. The van der Waals surface area contributed by atoms with Gasteiger partial charge in [0.25, 0.3) is 0 Å². The summed E-state index contributed by atoms with van der Waals surface area (Å²) in [6, 6.07) is 38.0. The molecule has 222 valence electrons. The van der Waals surface area contributed by atoms with E-state index in [-0.39, 0.29) is 5.41 Å². The van der Waals surface area contributed by atoms with E-state index in [0.29, 0.717) is 11.8 Å². The normalized spacial score (nSPS) is 25.5. The molecule has 5 aliphatic carbocycles. The highest BCUT2D eigenvalue weighted by atomic mass is 16.3. The van der Waals surface area contributed by atoms with Gasteiger partial charge in [-0.05, 0) is 120 Å². The van der Waals surface area contributed by atoms with Crippen LogP contribution >= 0.6 is 0 Å². The number of hydrogen-bond donors (Lipinski definition) is 0. The first-order chi connectivity index (χ1) is 22.8. The first-order valence-corrected chi connectivity index (χ1v) is 16.9. The lowest BCUT2D eigenvalue weighted by atomic mass is 9.43. The highest BCUT2D eigenvalue weighted by Gasteiger charge is 2.61. The quantitative estimate of drug-likeness (QED) is 0.204. The Labute approximate surface area is 267 Å². The van der Waals surface area contributed by atoms with E-state index in [1.165, 1.54) is 48.9 Å². The number of furan rings is 1. The van der Waals surface area contributed by atoms with Gasteiger partial charge in [0.15, 0.2) is 0 Å². The van der Waals surface area contributed by atoms with Crippen molar-refractivity contribution in [3.63, 3.8) is 0 Å². The third kappa shape index (κ3) is 3.19. The van der Waals surface area contributed by atoms with Gasteiger partial charge in [-0.2, -0.15) is 0 Å². The van der Waals surface area contributed by atoms with E-state index < -0.39 is 0 Å². The van der Waals surface area contributed by atoms with E-state index in [1.807, 2.05) is 12.3 Å². The molecule has 12 rings (SSSR count). The van der Waals surface area contributed by atoms with Gasteiger partial charge < -0.3 is 9.32 Å². The monoisotopic (exact) mass is 595 g/mol. The highest BCUT2D eigenvalue weighted by Crippen LogP contribution is 2.69. The van der Waals surface area contributed by atoms with Crippen molar-refractivity contribution in [3.05, 3.63) is 127 Å². The Balaban J connectivity index is 1.21. The average molecular weight is 596 g/mol. The van der Waals surface area contributed by atoms with Crippen molar-refractivity contribution in [3.8, 4) is 11.1 Å². The highest BCUT2D eigenvalue weighted by molar-refractivity contribution is 6.14. The Kier molecular flexibility index (Phi) is 4.98. The zero-order valence-corrected chi connectivity index (χ0v) is 25.6. The van der Waals surface area contributed by atoms with E-state index in [0.717, 1.165) is 56.1 Å². The van der Waals surface area contributed by atoms with Crippen LogP contribution in [0.1, 0.15) is 43.2 Å². The van der Waals surface area contributed by atoms with Crippen LogP contribution in [0.2, 0.25) is 0 Å². The number of fused-ring (bicyclic) bond motifs is 7. The number of anilines is 3. The van der Waals surface area contributed by atoms with Crippen LogP contribution in [0.25, 0.3) is 44.0 Å². The molecule has 1 spiro atoms. The molecule has 46 heavy (non-hydrogen) atoms. The van der Waals surface area contributed by atoms with Gasteiger partial charge >= 0.3 is 0 Å². The van der Waals surface area contributed by atoms with Crippen LogP contribution in [-0.2, 0) is 5.41 Å². The van der Waals surface area contributed by atoms with Crippen molar-refractivity contribution in [1.29, 1.82) is 0 Å². The summed E-state index contributed by atoms with van der Waals surface area (Å²) in [6.07, 6.45) is 10.5. The molecular weight excluding hydrogens is 562 g/mol. The molecule has 0 atom stereocenters. The molecule has 0 unspecified atom stereocenters. The molecule has 4 bridgehead atoms. The summed E-state index contributed by atoms with van der Waals surface area (Å²) in [4.78, 5) is 11.6. The molecule has 0 aliphatic heterocycles. The van der Waals surface area contributed by atoms with Gasteiger partial charge in [0, 0.05) is 28.1 Å². The number of benzene rings is 5. The minimum Gasteiger partial charge on any atom is -0.456 e. The van der Waals surface area contributed by atoms with Gasteiger partial charge in [0.1, 0.15) is 17.5 Å². The summed E-state index contributed by atoms with van der Waals surface area (Å²) < 4.78 is 6.42. The SMILES string of the molecule is c1ccc2c(c1)-c1ccc(N(c3cccc4ncncc34)c3cccc4oc5ccccc5c34)cc1C21C2CC3CC(C2)CC1C3. The second kappa shape index (κ2) is 9.07. The van der Waals surface area contributed by atoms with Gasteiger partial charge in [0.2, 0.25) is 0 Å². The molecule has 5 aliphatic rings. The van der Waals surface area contributed by atoms with Gasteiger partial charge in [-0.25, -0.2) is 9.97 Å². The Hall–Kier alpha value is -4.96. The zero-order chi connectivity index (χ0) is 30.0. The standard InChI is InChI=1S/C42H33N3O/c1-3-9-34-30(7-1)31-16-15-29(22-35(31)42(34)27-18-25-17-26(20-27)21-28(42)19-25)45(37-11-5-10-36-33(37)23-43-24-44-36)38-12-6-14-40-41(38)32-8-2-4-13-39(32)46-40/h1-16,22-28H,17-21H2. The summed E-state index contributed by atoms with van der Waals surface area (Å²) in [5.41, 5.74) is 12.2. The Morgan fingerprint density at radius 3 is 2.26 bits per heavy atom. The summed E-state index contributed by atoms with van der Waals surface area (Å²) >= 11 is 0. The van der Waals surface area contributed by atoms with Gasteiger partial charge in [0.05, 0.1) is 22.3 Å². The average Bonchev–Trinajstić information content (AvgIpc) is 3.61. The van der Waals surface area contributed by atoms with Crippen molar-refractivity contribution >= 4 is 49.9 Å². The molecule has 4 saturated carbocycles. The summed E-state index contributed by atoms with van der Waals surface area (Å²) in [6.45, 7) is 0. The van der Waals surface area contributed by atoms with Crippen LogP contribution in [0.5, 0.6) is 0 Å². The largest absolute Gasteiger partial charge is 0.456 e. The van der Waals surface area contributed by atoms with Crippen molar-refractivity contribution in [2.45, 2.75) is 37.5 Å². The van der Waals surface area contributed by atoms with Gasteiger partial charge in [-0.3, -0.25) is 0 Å². The predicted octanol–water partition coefficient (Wildman–Crippen LogP) is 10.7. The molecule has 0 N–H and O–H groups in total. The maximum Gasteiger partial charge on any atom is 0.137 e. The molecule has 2 heterocycles. The number of nitrogens with zero attached hydrogens (tertiary/aromatic N) is 3. The molecule has 4 nitrogen and oxygen atoms in total. The van der Waals surface area contributed by atoms with Crippen molar-refractivity contribution in [2.75, 3.05) is 4.90 Å². The fourth-order valence-corrected chi connectivity index (χ4v) is 10.8. The lowest BCUT2D eigenvalue weighted by molar-refractivity contribution is -0.0399. The topological polar surface area (TPSA) is 42.2 Å². The first-order valence-electron chi connectivity index (χ1n) is 16.9. The second-order valence-corrected chi connectivity index (χ2v) is 14.3. The molecule has 2 aromatic heterocycles. The lowest BCUT2D eigenvalue weighted by Gasteiger charge is -2.61. The number of aromatic nitrogens is 2. The molecule has 5 aromatic carbocycles. The molecule has 7 aromatic rings. The zero-order valence-electron chi connectivity index (χ0n) is 25.6. The molecular formula is C42H33N3O. The maximum absolute atomic E-state index is 6.42. The van der Waals surface area contributed by atoms with Crippen LogP contribution in [0.4, 0.5) is 17.1 Å². The lowest BCUT2D eigenvalue weighted by Crippen LogP contribution is -2.55. The summed E-state index contributed by atoms with van der Waals surface area (Å²) in [5, 5.41) is 3.28. The smallest absolute Gasteiger partial charge is 0.137 e. The molecule has 0 radical (unpaired) electrons. The van der Waals surface area contributed by atoms with E-state index >= 15 is 0 Å². The first kappa shape index (κ1) is 25.3. The maximum atomic E-state index is 6.42. The van der Waals surface area contributed by atoms with Gasteiger partial charge in [-0.1, -0.05) is 60.7 Å². The third-order valence-electron chi connectivity index (χ3n) is 12.2. The van der Waals surface area contributed by atoms with Crippen molar-refractivity contribution in [2.24, 2.45) is 23.7 Å². The Morgan fingerprint density at radius 1 is 0.630 bits per heavy atom. The number of para-hydroxylation sites is 1. The van der Waals surface area contributed by atoms with Crippen molar-refractivity contribution < 1.29 is 4.42 Å². The second-order valence-electron chi connectivity index (χ2n) is 14.3. The molecule has 4 fully saturated rings. The van der Waals surface area contributed by atoms with Crippen LogP contribution in [0, 0.1) is 23.7 Å². The number of hydrogen-bond acceptors (Lipinski definition) is 4. The van der Waals surface area contributed by atoms with E-state index in [1.54, 1.807) is 17.5 Å². The third-order valence-corrected chi connectivity index (χ3v) is 12.2. The van der Waals surface area contributed by atoms with E-state index in [9.17, 15) is 0 Å². The fourth-order valence-electron chi connectivity index (χ4n) is 10.8. The Bertz CT molecular complexity index is 2340. The molecule has 4 heteroatoms. The van der Waals surface area contributed by atoms with E-state index in [4.69, 9.17) is 4.42 Å². The van der Waals surface area contributed by atoms with Crippen LogP contribution < -0.4 is 4.90 Å². The minimum atomic E-state index is 0.0945. The molecule has 0 amide bonds. The molecule has 0 saturated heterocycles. The van der Waals surface area contributed by atoms with Crippen molar-refractivity contribution in [1.82, 2.24) is 9.97 Å². The van der Waals surface area contributed by atoms with Gasteiger partial charge in [-0.15, -0.1) is 0 Å². The van der Waals surface area contributed by atoms with Crippen LogP contribution in [-0.4, -0.2) is 9.97 Å². The minimum absolute atomic E-state index is 0.0945. The van der Waals surface area contributed by atoms with Crippen LogP contribution in [0.15, 0.2) is 120 Å². The van der Waals surface area contributed by atoms with Crippen LogP contribution in [0.3, 0.4) is 0 Å². The van der Waals surface area contributed by atoms with E-state index in [2.05, 4.69) is 112 Å². The summed E-state index contributed by atoms with van der Waals surface area (Å²) in [5.74, 6) is 3.24. The predicted molar refractivity (Wildman–Crippen MR) is 185 cm³/mol. The fraction of sp³-hybridized carbons (Fsp3) is 0.238. The Morgan fingerprint density at radius 2 is 1.37 bits per heavy atom. The summed E-state index contributed by atoms with van der Waals surface area (Å²) in [7, 11) is 0.